The Hall–Kier alpha value is -2.93. The lowest BCUT2D eigenvalue weighted by molar-refractivity contribution is -0.384. The normalized spacial score (nSPS) is 16.7. The SMILES string of the molecule is CC(C(=O)N1CCN(c2ccccc2[N+](=O)[O-])CC1)C(N)c1ccccc1. The summed E-state index contributed by atoms with van der Waals surface area (Å²) in [7, 11) is 0. The molecule has 7 heteroatoms. The fourth-order valence-corrected chi connectivity index (χ4v) is 3.46. The van der Waals surface area contributed by atoms with Gasteiger partial charge in [0, 0.05) is 38.3 Å². The summed E-state index contributed by atoms with van der Waals surface area (Å²) in [6, 6.07) is 16.0. The second kappa shape index (κ2) is 8.18. The Morgan fingerprint density at radius 3 is 2.26 bits per heavy atom. The van der Waals surface area contributed by atoms with Crippen molar-refractivity contribution in [1.29, 1.82) is 0 Å². The number of hydrogen-bond donors (Lipinski definition) is 1. The van der Waals surface area contributed by atoms with Gasteiger partial charge in [-0.05, 0) is 11.6 Å². The summed E-state index contributed by atoms with van der Waals surface area (Å²) < 4.78 is 0. The van der Waals surface area contributed by atoms with E-state index in [9.17, 15) is 14.9 Å². The van der Waals surface area contributed by atoms with Crippen molar-refractivity contribution in [3.8, 4) is 0 Å². The number of carbonyl (C=O) groups is 1. The zero-order valence-electron chi connectivity index (χ0n) is 15.3. The van der Waals surface area contributed by atoms with Crippen LogP contribution in [0.1, 0.15) is 18.5 Å². The first kappa shape index (κ1) is 18.8. The molecule has 0 bridgehead atoms. The van der Waals surface area contributed by atoms with Crippen molar-refractivity contribution in [2.24, 2.45) is 11.7 Å². The van der Waals surface area contributed by atoms with Gasteiger partial charge in [-0.3, -0.25) is 14.9 Å². The number of hydrogen-bond acceptors (Lipinski definition) is 5. The summed E-state index contributed by atoms with van der Waals surface area (Å²) in [6.45, 7) is 4.02. The number of piperazine rings is 1. The number of para-hydroxylation sites is 2. The summed E-state index contributed by atoms with van der Waals surface area (Å²) in [5, 5.41) is 11.2. The molecule has 2 unspecified atom stereocenters. The van der Waals surface area contributed by atoms with Crippen molar-refractivity contribution >= 4 is 17.3 Å². The Morgan fingerprint density at radius 2 is 1.63 bits per heavy atom. The summed E-state index contributed by atoms with van der Waals surface area (Å²) >= 11 is 0. The maximum Gasteiger partial charge on any atom is 0.292 e. The van der Waals surface area contributed by atoms with Crippen LogP contribution in [0.25, 0.3) is 0 Å². The van der Waals surface area contributed by atoms with Gasteiger partial charge in [-0.25, -0.2) is 0 Å². The number of benzene rings is 2. The standard InChI is InChI=1S/C20H24N4O3/c1-15(19(21)16-7-3-2-4-8-16)20(25)23-13-11-22(12-14-23)17-9-5-6-10-18(17)24(26)27/h2-10,15,19H,11-14,21H2,1H3. The van der Waals surface area contributed by atoms with Crippen molar-refractivity contribution in [2.75, 3.05) is 31.1 Å². The summed E-state index contributed by atoms with van der Waals surface area (Å²) in [5.74, 6) is -0.307. The Bertz CT molecular complexity index is 804. The van der Waals surface area contributed by atoms with E-state index in [0.29, 0.717) is 31.9 Å². The van der Waals surface area contributed by atoms with Gasteiger partial charge in [0.25, 0.3) is 5.69 Å². The lowest BCUT2D eigenvalue weighted by Gasteiger charge is -2.37. The van der Waals surface area contributed by atoms with Gasteiger partial charge in [0.05, 0.1) is 10.8 Å². The van der Waals surface area contributed by atoms with E-state index in [1.807, 2.05) is 42.2 Å². The number of nitrogens with two attached hydrogens (primary N) is 1. The predicted molar refractivity (Wildman–Crippen MR) is 104 cm³/mol. The molecule has 0 spiro atoms. The second-order valence-corrected chi connectivity index (χ2v) is 6.78. The summed E-state index contributed by atoms with van der Waals surface area (Å²) in [4.78, 5) is 27.5. The van der Waals surface area contributed by atoms with Crippen LogP contribution in [0.5, 0.6) is 0 Å². The third-order valence-corrected chi connectivity index (χ3v) is 5.12. The van der Waals surface area contributed by atoms with E-state index in [4.69, 9.17) is 5.73 Å². The molecule has 1 saturated heterocycles. The highest BCUT2D eigenvalue weighted by Gasteiger charge is 2.30. The summed E-state index contributed by atoms with van der Waals surface area (Å²) in [5.41, 5.74) is 7.92. The first-order valence-electron chi connectivity index (χ1n) is 9.06. The van der Waals surface area contributed by atoms with Crippen LogP contribution in [-0.2, 0) is 4.79 Å². The number of nitrogens with zero attached hydrogens (tertiary/aromatic N) is 3. The molecule has 2 aromatic carbocycles. The molecule has 2 N–H and O–H groups in total. The molecular weight excluding hydrogens is 344 g/mol. The molecule has 7 nitrogen and oxygen atoms in total. The Balaban J connectivity index is 1.64. The number of anilines is 1. The van der Waals surface area contributed by atoms with Crippen LogP contribution < -0.4 is 10.6 Å². The summed E-state index contributed by atoms with van der Waals surface area (Å²) in [6.07, 6.45) is 0. The van der Waals surface area contributed by atoms with Gasteiger partial charge in [0.2, 0.25) is 5.91 Å². The van der Waals surface area contributed by atoms with Crippen molar-refractivity contribution < 1.29 is 9.72 Å². The molecule has 142 valence electrons. The first-order valence-corrected chi connectivity index (χ1v) is 9.06. The minimum Gasteiger partial charge on any atom is -0.362 e. The van der Waals surface area contributed by atoms with Gasteiger partial charge in [0.1, 0.15) is 5.69 Å². The molecule has 1 amide bonds. The highest BCUT2D eigenvalue weighted by Crippen LogP contribution is 2.29. The molecule has 2 aromatic rings. The zero-order chi connectivity index (χ0) is 19.4. The molecule has 0 aromatic heterocycles. The van der Waals surface area contributed by atoms with Crippen molar-refractivity contribution in [3.63, 3.8) is 0 Å². The molecule has 0 saturated carbocycles. The van der Waals surface area contributed by atoms with Gasteiger partial charge in [-0.2, -0.15) is 0 Å². The van der Waals surface area contributed by atoms with E-state index >= 15 is 0 Å². The average molecular weight is 368 g/mol. The fraction of sp³-hybridized carbons (Fsp3) is 0.350. The molecule has 1 heterocycles. The minimum atomic E-state index is -0.367. The molecule has 1 aliphatic heterocycles. The molecular formula is C20H24N4O3. The van der Waals surface area contributed by atoms with Crippen molar-refractivity contribution in [2.45, 2.75) is 13.0 Å². The van der Waals surface area contributed by atoms with Gasteiger partial charge >= 0.3 is 0 Å². The first-order chi connectivity index (χ1) is 13.0. The average Bonchev–Trinajstić information content (AvgIpc) is 2.73. The van der Waals surface area contributed by atoms with Gasteiger partial charge in [-0.1, -0.05) is 49.4 Å². The Labute approximate surface area is 158 Å². The van der Waals surface area contributed by atoms with E-state index < -0.39 is 0 Å². The number of rotatable bonds is 5. The smallest absolute Gasteiger partial charge is 0.292 e. The highest BCUT2D eigenvalue weighted by molar-refractivity contribution is 5.80. The van der Waals surface area contributed by atoms with Crippen LogP contribution in [0, 0.1) is 16.0 Å². The van der Waals surface area contributed by atoms with Crippen LogP contribution in [0.15, 0.2) is 54.6 Å². The van der Waals surface area contributed by atoms with E-state index in [1.54, 1.807) is 23.1 Å². The van der Waals surface area contributed by atoms with Crippen LogP contribution in [0.3, 0.4) is 0 Å². The number of amides is 1. The topological polar surface area (TPSA) is 92.7 Å². The quantitative estimate of drug-likeness (QED) is 0.647. The zero-order valence-corrected chi connectivity index (χ0v) is 15.3. The maximum absolute atomic E-state index is 12.9. The van der Waals surface area contributed by atoms with Crippen molar-refractivity contribution in [1.82, 2.24) is 4.90 Å². The third-order valence-electron chi connectivity index (χ3n) is 5.12. The predicted octanol–water partition coefficient (Wildman–Crippen LogP) is 2.58. The van der Waals surface area contributed by atoms with Crippen molar-refractivity contribution in [3.05, 3.63) is 70.3 Å². The lowest BCUT2D eigenvalue weighted by Crippen LogP contribution is -2.51. The number of carbonyl (C=O) groups excluding carboxylic acids is 1. The van der Waals surface area contributed by atoms with E-state index in [2.05, 4.69) is 0 Å². The highest BCUT2D eigenvalue weighted by atomic mass is 16.6. The van der Waals surface area contributed by atoms with Gasteiger partial charge in [-0.15, -0.1) is 0 Å². The molecule has 27 heavy (non-hydrogen) atoms. The monoisotopic (exact) mass is 368 g/mol. The lowest BCUT2D eigenvalue weighted by atomic mass is 9.94. The van der Waals surface area contributed by atoms with Gasteiger partial charge in [0.15, 0.2) is 0 Å². The largest absolute Gasteiger partial charge is 0.362 e. The van der Waals surface area contributed by atoms with E-state index in [0.717, 1.165) is 5.56 Å². The fourth-order valence-electron chi connectivity index (χ4n) is 3.46. The molecule has 1 aliphatic rings. The number of nitro groups is 1. The molecule has 2 atom stereocenters. The second-order valence-electron chi connectivity index (χ2n) is 6.78. The molecule has 0 radical (unpaired) electrons. The van der Waals surface area contributed by atoms with Gasteiger partial charge < -0.3 is 15.5 Å². The Morgan fingerprint density at radius 1 is 1.04 bits per heavy atom. The van der Waals surface area contributed by atoms with Crippen LogP contribution >= 0.6 is 0 Å². The maximum atomic E-state index is 12.9. The van der Waals surface area contributed by atoms with Crippen LogP contribution in [-0.4, -0.2) is 41.9 Å². The van der Waals surface area contributed by atoms with Crippen LogP contribution in [0.2, 0.25) is 0 Å². The molecule has 1 fully saturated rings. The minimum absolute atomic E-state index is 0.0218. The Kier molecular flexibility index (Phi) is 5.71. The van der Waals surface area contributed by atoms with E-state index in [1.165, 1.54) is 6.07 Å². The molecule has 0 aliphatic carbocycles. The molecule has 3 rings (SSSR count). The van der Waals surface area contributed by atoms with E-state index in [-0.39, 0.29) is 28.5 Å². The number of nitro benzene ring substituents is 1. The third kappa shape index (κ3) is 4.09. The van der Waals surface area contributed by atoms with Crippen LogP contribution in [0.4, 0.5) is 11.4 Å².